The van der Waals surface area contributed by atoms with Crippen molar-refractivity contribution in [3.63, 3.8) is 0 Å². The minimum Gasteiger partial charge on any atom is -0.481 e. The molecule has 2 aliphatic rings. The van der Waals surface area contributed by atoms with Gasteiger partial charge in [0.1, 0.15) is 5.73 Å². The van der Waals surface area contributed by atoms with E-state index < -0.39 is 30.0 Å². The fraction of sp³-hybridized carbons (Fsp3) is 0.500. The second-order valence-corrected chi connectivity index (χ2v) is 8.79. The van der Waals surface area contributed by atoms with E-state index in [-0.39, 0.29) is 11.7 Å². The van der Waals surface area contributed by atoms with E-state index in [1.165, 1.54) is 11.8 Å². The first-order valence-electron chi connectivity index (χ1n) is 8.33. The molecule has 2 aliphatic heterocycles. The van der Waals surface area contributed by atoms with Gasteiger partial charge in [-0.05, 0) is 51.3 Å². The maximum Gasteiger partial charge on any atom is 0.525 e. The van der Waals surface area contributed by atoms with Crippen LogP contribution in [0.3, 0.4) is 0 Å². The minimum atomic E-state index is -1.07. The Kier molecular flexibility index (Phi) is 4.77. The van der Waals surface area contributed by atoms with Crippen molar-refractivity contribution in [2.24, 2.45) is 0 Å². The molecule has 4 nitrogen and oxygen atoms in total. The van der Waals surface area contributed by atoms with Crippen molar-refractivity contribution in [3.8, 4) is 0 Å². The number of fused-ring (bicyclic) bond motifs is 1. The topological polar surface area (TPSA) is 55.8 Å². The third-order valence-corrected chi connectivity index (χ3v) is 6.36. The number of hydrogen-bond donors (Lipinski definition) is 1. The molecule has 1 saturated heterocycles. The average Bonchev–Trinajstić information content (AvgIpc) is 2.73. The lowest BCUT2D eigenvalue weighted by Crippen LogP contribution is -2.41. The lowest BCUT2D eigenvalue weighted by Gasteiger charge is -2.32. The molecule has 0 amide bonds. The fourth-order valence-corrected chi connectivity index (χ4v) is 4.31. The van der Waals surface area contributed by atoms with Crippen LogP contribution in [0.15, 0.2) is 34.9 Å². The van der Waals surface area contributed by atoms with Crippen molar-refractivity contribution in [2.45, 2.75) is 61.9 Å². The Labute approximate surface area is 151 Å². The van der Waals surface area contributed by atoms with Gasteiger partial charge in [-0.15, -0.1) is 11.8 Å². The molecule has 1 fully saturated rings. The number of aliphatic carboxylic acids is 1. The number of halogens is 1. The van der Waals surface area contributed by atoms with E-state index in [1.807, 2.05) is 52.0 Å². The molecule has 0 radical (unpaired) electrons. The van der Waals surface area contributed by atoms with E-state index in [1.54, 1.807) is 0 Å². The van der Waals surface area contributed by atoms with Crippen LogP contribution in [0.1, 0.15) is 46.1 Å². The molecule has 1 N–H and O–H groups in total. The van der Waals surface area contributed by atoms with E-state index in [0.29, 0.717) is 12.0 Å². The summed E-state index contributed by atoms with van der Waals surface area (Å²) in [5.41, 5.74) is -0.431. The quantitative estimate of drug-likeness (QED) is 0.809. The number of benzene rings is 1. The zero-order valence-corrected chi connectivity index (χ0v) is 15.7. The van der Waals surface area contributed by atoms with Crippen LogP contribution in [0, 0.1) is 0 Å². The van der Waals surface area contributed by atoms with Crippen molar-refractivity contribution < 1.29 is 23.6 Å². The highest BCUT2D eigenvalue weighted by atomic mass is 32.2. The standard InChI is InChI=1S/C18H22BFO4S/c1-17(2)18(3,4)24-19(23-17)16(20)13-9-11(10-15(21)22)25-14-8-6-5-7-12(13)14/h5-8,11H,9-10H2,1-4H3,(H,21,22). The van der Waals surface area contributed by atoms with Gasteiger partial charge >= 0.3 is 13.1 Å². The van der Waals surface area contributed by atoms with E-state index >= 15 is 4.39 Å². The maximum absolute atomic E-state index is 15.3. The van der Waals surface area contributed by atoms with Crippen LogP contribution in [0.4, 0.5) is 4.39 Å². The molecule has 134 valence electrons. The zero-order chi connectivity index (χ0) is 18.4. The third-order valence-electron chi connectivity index (χ3n) is 5.09. The van der Waals surface area contributed by atoms with Gasteiger partial charge in [-0.25, -0.2) is 4.39 Å². The Balaban J connectivity index is 1.99. The number of thioether (sulfide) groups is 1. The lowest BCUT2D eigenvalue weighted by molar-refractivity contribution is -0.136. The van der Waals surface area contributed by atoms with Gasteiger partial charge in [0.2, 0.25) is 0 Å². The molecule has 0 aliphatic carbocycles. The van der Waals surface area contributed by atoms with Gasteiger partial charge in [0.05, 0.1) is 17.6 Å². The van der Waals surface area contributed by atoms with Gasteiger partial charge in [-0.2, -0.15) is 0 Å². The van der Waals surface area contributed by atoms with Gasteiger partial charge in [-0.1, -0.05) is 18.2 Å². The first kappa shape index (κ1) is 18.5. The van der Waals surface area contributed by atoms with Crippen LogP contribution in [0.25, 0.3) is 5.57 Å². The third kappa shape index (κ3) is 3.50. The lowest BCUT2D eigenvalue weighted by atomic mass is 9.81. The summed E-state index contributed by atoms with van der Waals surface area (Å²) in [6, 6.07) is 7.48. The summed E-state index contributed by atoms with van der Waals surface area (Å²) >= 11 is 1.49. The Morgan fingerprint density at radius 1 is 1.28 bits per heavy atom. The van der Waals surface area contributed by atoms with E-state index in [4.69, 9.17) is 14.4 Å². The Morgan fingerprint density at radius 3 is 2.48 bits per heavy atom. The van der Waals surface area contributed by atoms with Crippen LogP contribution in [0.2, 0.25) is 0 Å². The molecule has 0 bridgehead atoms. The van der Waals surface area contributed by atoms with Crippen molar-refractivity contribution in [2.75, 3.05) is 0 Å². The number of carboxylic acid groups (broad SMARTS) is 1. The second-order valence-electron chi connectivity index (χ2n) is 7.45. The second kappa shape index (κ2) is 6.45. The Hall–Kier alpha value is -1.31. The molecular formula is C18H22BFO4S. The largest absolute Gasteiger partial charge is 0.525 e. The van der Waals surface area contributed by atoms with Crippen molar-refractivity contribution in [3.05, 3.63) is 35.6 Å². The van der Waals surface area contributed by atoms with E-state index in [9.17, 15) is 4.79 Å². The minimum absolute atomic E-state index is 0.0147. The van der Waals surface area contributed by atoms with Gasteiger partial charge < -0.3 is 14.4 Å². The molecule has 3 rings (SSSR count). The van der Waals surface area contributed by atoms with Crippen LogP contribution in [0.5, 0.6) is 0 Å². The summed E-state index contributed by atoms with van der Waals surface area (Å²) in [5.74, 6) is -0.882. The van der Waals surface area contributed by atoms with Crippen molar-refractivity contribution >= 4 is 30.4 Å². The highest BCUT2D eigenvalue weighted by Gasteiger charge is 2.53. The monoisotopic (exact) mass is 364 g/mol. The first-order valence-corrected chi connectivity index (χ1v) is 9.21. The summed E-state index contributed by atoms with van der Waals surface area (Å²) in [4.78, 5) is 12.0. The molecule has 1 atom stereocenters. The fourth-order valence-electron chi connectivity index (χ4n) is 3.00. The summed E-state index contributed by atoms with van der Waals surface area (Å²) in [6.07, 6.45) is 0.322. The highest BCUT2D eigenvalue weighted by molar-refractivity contribution is 8.00. The summed E-state index contributed by atoms with van der Waals surface area (Å²) in [7, 11) is -1.07. The summed E-state index contributed by atoms with van der Waals surface area (Å²) in [6.45, 7) is 7.51. The smallest absolute Gasteiger partial charge is 0.481 e. The van der Waals surface area contributed by atoms with E-state index in [2.05, 4.69) is 0 Å². The molecule has 1 aromatic carbocycles. The van der Waals surface area contributed by atoms with Crippen LogP contribution < -0.4 is 0 Å². The van der Waals surface area contributed by atoms with Crippen molar-refractivity contribution in [1.29, 1.82) is 0 Å². The molecule has 0 saturated carbocycles. The molecule has 25 heavy (non-hydrogen) atoms. The normalized spacial score (nSPS) is 26.3. The number of allylic oxidation sites excluding steroid dienone is 1. The molecule has 1 aromatic rings. The van der Waals surface area contributed by atoms with E-state index in [0.717, 1.165) is 10.5 Å². The Morgan fingerprint density at radius 2 is 1.88 bits per heavy atom. The predicted molar refractivity (Wildman–Crippen MR) is 97.1 cm³/mol. The summed E-state index contributed by atoms with van der Waals surface area (Å²) < 4.78 is 27.0. The van der Waals surface area contributed by atoms with Gasteiger partial charge in [0.25, 0.3) is 0 Å². The molecule has 0 aromatic heterocycles. The first-order chi connectivity index (χ1) is 11.6. The van der Waals surface area contributed by atoms with Crippen LogP contribution in [-0.2, 0) is 14.1 Å². The highest BCUT2D eigenvalue weighted by Crippen LogP contribution is 2.46. The summed E-state index contributed by atoms with van der Waals surface area (Å²) in [5, 5.41) is 8.90. The van der Waals surface area contributed by atoms with Gasteiger partial charge in [-0.3, -0.25) is 4.79 Å². The number of rotatable bonds is 3. The predicted octanol–water partition coefficient (Wildman–Crippen LogP) is 4.34. The molecule has 0 spiro atoms. The number of carbonyl (C=O) groups is 1. The molecular weight excluding hydrogens is 342 g/mol. The molecule has 1 unspecified atom stereocenters. The van der Waals surface area contributed by atoms with Crippen LogP contribution >= 0.6 is 11.8 Å². The van der Waals surface area contributed by atoms with Crippen LogP contribution in [-0.4, -0.2) is 34.6 Å². The van der Waals surface area contributed by atoms with Gasteiger partial charge in [0, 0.05) is 10.1 Å². The number of carboxylic acids is 1. The maximum atomic E-state index is 15.3. The Bertz CT molecular complexity index is 716. The SMILES string of the molecule is CC1(C)OB(C(F)=C2CC(CC(=O)O)Sc3ccccc32)OC1(C)C. The molecule has 2 heterocycles. The van der Waals surface area contributed by atoms with Gasteiger partial charge in [0.15, 0.2) is 0 Å². The van der Waals surface area contributed by atoms with Crippen molar-refractivity contribution in [1.82, 2.24) is 0 Å². The number of hydrogen-bond acceptors (Lipinski definition) is 4. The average molecular weight is 364 g/mol. The molecule has 7 heteroatoms. The zero-order valence-electron chi connectivity index (χ0n) is 14.8.